The van der Waals surface area contributed by atoms with Gasteiger partial charge in [0, 0.05) is 30.9 Å². The molecular weight excluding hydrogens is 625 g/mol. The molecule has 0 aliphatic carbocycles. The highest BCUT2D eigenvalue weighted by atomic mass is 32.1. The summed E-state index contributed by atoms with van der Waals surface area (Å²) < 4.78 is 9.20. The summed E-state index contributed by atoms with van der Waals surface area (Å²) in [6, 6.07) is 61.9. The summed E-state index contributed by atoms with van der Waals surface area (Å²) in [6.07, 6.45) is 0. The average molecular weight is 653 g/mol. The monoisotopic (exact) mass is 652 g/mol. The fourth-order valence-corrected chi connectivity index (χ4v) is 9.51. The van der Waals surface area contributed by atoms with E-state index in [-0.39, 0.29) is 0 Å². The molecule has 0 amide bonds. The van der Waals surface area contributed by atoms with Gasteiger partial charge in [0.05, 0.1) is 0 Å². The number of para-hydroxylation sites is 1. The molecule has 2 heteroatoms. The van der Waals surface area contributed by atoms with E-state index < -0.39 is 0 Å². The van der Waals surface area contributed by atoms with E-state index in [1.165, 1.54) is 85.9 Å². The molecule has 2 heterocycles. The van der Waals surface area contributed by atoms with Crippen molar-refractivity contribution in [1.82, 2.24) is 0 Å². The lowest BCUT2D eigenvalue weighted by atomic mass is 9.85. The van der Waals surface area contributed by atoms with Crippen molar-refractivity contribution < 1.29 is 4.42 Å². The van der Waals surface area contributed by atoms with E-state index in [1.54, 1.807) is 0 Å². The third-order valence-corrected chi connectivity index (χ3v) is 11.5. The zero-order valence-corrected chi connectivity index (χ0v) is 27.8. The van der Waals surface area contributed by atoms with E-state index in [2.05, 4.69) is 170 Å². The summed E-state index contributed by atoms with van der Waals surface area (Å²) in [6.45, 7) is 0. The Labute approximate surface area is 292 Å². The Morgan fingerprint density at radius 2 is 0.900 bits per heavy atom. The lowest BCUT2D eigenvalue weighted by Crippen LogP contribution is -1.91. The molecule has 0 bridgehead atoms. The van der Waals surface area contributed by atoms with Crippen LogP contribution in [0.5, 0.6) is 0 Å². The van der Waals surface area contributed by atoms with Crippen molar-refractivity contribution in [3.63, 3.8) is 0 Å². The first kappa shape index (κ1) is 27.7. The van der Waals surface area contributed by atoms with Gasteiger partial charge in [0.25, 0.3) is 0 Å². The van der Waals surface area contributed by atoms with E-state index in [1.807, 2.05) is 11.3 Å². The van der Waals surface area contributed by atoms with Gasteiger partial charge in [0.15, 0.2) is 0 Å². The standard InChI is InChI=1S/C48H28OS/c1-2-13-29(14-3-1)43-35-20-6-8-22-37(35)44(38-23-9-7-21-36(38)43)31-16-12-17-32(27-31)45-33-18-5-4-15-30(33)28-42-46(45)47-41(50-42)26-25-39-34-19-10-11-24-40(34)49-48(39)47/h1-28H. The molecule has 0 aliphatic heterocycles. The molecule has 2 aromatic heterocycles. The Morgan fingerprint density at radius 1 is 0.340 bits per heavy atom. The Kier molecular flexibility index (Phi) is 5.89. The molecule has 0 N–H and O–H groups in total. The quantitative estimate of drug-likeness (QED) is 0.173. The van der Waals surface area contributed by atoms with Gasteiger partial charge in [-0.05, 0) is 96.0 Å². The van der Waals surface area contributed by atoms with E-state index >= 15 is 0 Å². The van der Waals surface area contributed by atoms with Gasteiger partial charge in [-0.3, -0.25) is 0 Å². The van der Waals surface area contributed by atoms with Crippen LogP contribution in [0, 0.1) is 0 Å². The van der Waals surface area contributed by atoms with Crippen molar-refractivity contribution in [1.29, 1.82) is 0 Å². The minimum Gasteiger partial charge on any atom is -0.455 e. The zero-order chi connectivity index (χ0) is 32.8. The second-order valence-electron chi connectivity index (χ2n) is 13.1. The first-order valence-corrected chi connectivity index (χ1v) is 17.9. The molecule has 0 atom stereocenters. The molecule has 11 rings (SSSR count). The second kappa shape index (κ2) is 10.6. The number of thiophene rings is 1. The van der Waals surface area contributed by atoms with E-state index in [4.69, 9.17) is 4.42 Å². The highest BCUT2D eigenvalue weighted by molar-refractivity contribution is 7.26. The minimum atomic E-state index is 0.927. The number of benzene rings is 9. The summed E-state index contributed by atoms with van der Waals surface area (Å²) >= 11 is 1.85. The maximum atomic E-state index is 6.68. The van der Waals surface area contributed by atoms with Crippen molar-refractivity contribution >= 4 is 85.8 Å². The topological polar surface area (TPSA) is 13.1 Å². The van der Waals surface area contributed by atoms with Gasteiger partial charge in [0.1, 0.15) is 11.2 Å². The van der Waals surface area contributed by atoms with Crippen LogP contribution in [0.4, 0.5) is 0 Å². The minimum absolute atomic E-state index is 0.927. The zero-order valence-electron chi connectivity index (χ0n) is 27.0. The Morgan fingerprint density at radius 3 is 1.62 bits per heavy atom. The molecule has 0 spiro atoms. The van der Waals surface area contributed by atoms with Gasteiger partial charge in [-0.2, -0.15) is 0 Å². The lowest BCUT2D eigenvalue weighted by molar-refractivity contribution is 0.673. The third kappa shape index (κ3) is 3.94. The number of furan rings is 1. The molecule has 50 heavy (non-hydrogen) atoms. The fraction of sp³-hybridized carbons (Fsp3) is 0. The normalized spacial score (nSPS) is 12.0. The number of fused-ring (bicyclic) bond motifs is 10. The third-order valence-electron chi connectivity index (χ3n) is 10.4. The Hall–Kier alpha value is -6.22. The smallest absolute Gasteiger partial charge is 0.144 e. The van der Waals surface area contributed by atoms with Crippen LogP contribution in [0.3, 0.4) is 0 Å². The highest BCUT2D eigenvalue weighted by Gasteiger charge is 2.21. The fourth-order valence-electron chi connectivity index (χ4n) is 8.35. The molecule has 0 unspecified atom stereocenters. The van der Waals surface area contributed by atoms with Crippen molar-refractivity contribution in [3.05, 3.63) is 170 Å². The van der Waals surface area contributed by atoms with E-state index in [0.717, 1.165) is 21.9 Å². The average Bonchev–Trinajstić information content (AvgIpc) is 3.74. The summed E-state index contributed by atoms with van der Waals surface area (Å²) in [4.78, 5) is 0. The molecule has 0 radical (unpaired) electrons. The van der Waals surface area contributed by atoms with Crippen LogP contribution in [0.1, 0.15) is 0 Å². The molecule has 0 saturated heterocycles. The van der Waals surface area contributed by atoms with Gasteiger partial charge in [-0.15, -0.1) is 11.3 Å². The summed E-state index contributed by atoms with van der Waals surface area (Å²) in [5.74, 6) is 0. The van der Waals surface area contributed by atoms with E-state index in [0.29, 0.717) is 0 Å². The number of hydrogen-bond acceptors (Lipinski definition) is 2. The number of hydrogen-bond donors (Lipinski definition) is 0. The summed E-state index contributed by atoms with van der Waals surface area (Å²) in [5, 5.41) is 12.3. The van der Waals surface area contributed by atoms with Crippen LogP contribution in [0.15, 0.2) is 174 Å². The van der Waals surface area contributed by atoms with Crippen LogP contribution in [-0.4, -0.2) is 0 Å². The second-order valence-corrected chi connectivity index (χ2v) is 14.2. The molecule has 9 aromatic carbocycles. The predicted molar refractivity (Wildman–Crippen MR) is 215 cm³/mol. The molecule has 11 aromatic rings. The van der Waals surface area contributed by atoms with Gasteiger partial charge < -0.3 is 4.42 Å². The SMILES string of the molecule is c1ccc(-c2c3ccccc3c(-c3cccc(-c4c5ccccc5cc5sc6ccc7c8ccccc8oc7c6c45)c3)c3ccccc23)cc1. The van der Waals surface area contributed by atoms with Gasteiger partial charge >= 0.3 is 0 Å². The van der Waals surface area contributed by atoms with E-state index in [9.17, 15) is 0 Å². The van der Waals surface area contributed by atoms with Crippen molar-refractivity contribution in [2.45, 2.75) is 0 Å². The number of rotatable bonds is 3. The van der Waals surface area contributed by atoms with Crippen molar-refractivity contribution in [2.75, 3.05) is 0 Å². The molecule has 1 nitrogen and oxygen atoms in total. The van der Waals surface area contributed by atoms with Crippen LogP contribution < -0.4 is 0 Å². The Bertz CT molecular complexity index is 3090. The van der Waals surface area contributed by atoms with Crippen LogP contribution in [-0.2, 0) is 0 Å². The van der Waals surface area contributed by atoms with Crippen LogP contribution in [0.2, 0.25) is 0 Å². The predicted octanol–water partition coefficient (Wildman–Crippen LogP) is 14.4. The van der Waals surface area contributed by atoms with Crippen LogP contribution >= 0.6 is 11.3 Å². The lowest BCUT2D eigenvalue weighted by Gasteiger charge is -2.18. The molecule has 0 aliphatic rings. The molecular formula is C48H28OS. The molecule has 0 fully saturated rings. The summed E-state index contributed by atoms with van der Waals surface area (Å²) in [7, 11) is 0. The largest absolute Gasteiger partial charge is 0.455 e. The van der Waals surface area contributed by atoms with Gasteiger partial charge in [0.2, 0.25) is 0 Å². The molecule has 0 saturated carbocycles. The summed E-state index contributed by atoms with van der Waals surface area (Å²) in [5.41, 5.74) is 9.36. The molecule has 232 valence electrons. The Balaban J connectivity index is 1.25. The maximum absolute atomic E-state index is 6.68. The van der Waals surface area contributed by atoms with Crippen molar-refractivity contribution in [3.8, 4) is 33.4 Å². The van der Waals surface area contributed by atoms with Crippen LogP contribution in [0.25, 0.3) is 108 Å². The highest BCUT2D eigenvalue weighted by Crippen LogP contribution is 2.49. The van der Waals surface area contributed by atoms with Crippen molar-refractivity contribution in [2.24, 2.45) is 0 Å². The first-order valence-electron chi connectivity index (χ1n) is 17.1. The maximum Gasteiger partial charge on any atom is 0.144 e. The first-order chi connectivity index (χ1) is 24.8. The van der Waals surface area contributed by atoms with Gasteiger partial charge in [-0.25, -0.2) is 0 Å². The van der Waals surface area contributed by atoms with Gasteiger partial charge in [-0.1, -0.05) is 140 Å².